The Bertz CT molecular complexity index is 1240. The third kappa shape index (κ3) is 7.91. The zero-order valence-electron chi connectivity index (χ0n) is 29.6. The molecule has 4 aliphatic rings. The molecule has 12 heteroatoms. The van der Waals surface area contributed by atoms with Crippen LogP contribution in [0.3, 0.4) is 0 Å². The molecule has 0 unspecified atom stereocenters. The minimum absolute atomic E-state index is 0.0160. The predicted octanol–water partition coefficient (Wildman–Crippen LogP) is 2.61. The largest absolute Gasteiger partial charge is 0.465 e. The number of rotatable bonds is 12. The van der Waals surface area contributed by atoms with Gasteiger partial charge >= 0.3 is 11.9 Å². The molecule has 48 heavy (non-hydrogen) atoms. The molecule has 272 valence electrons. The van der Waals surface area contributed by atoms with Crippen LogP contribution in [-0.2, 0) is 38.0 Å². The van der Waals surface area contributed by atoms with E-state index in [-0.39, 0.29) is 43.3 Å². The van der Waals surface area contributed by atoms with E-state index in [4.69, 9.17) is 28.4 Å². The molecule has 0 aromatic heterocycles. The van der Waals surface area contributed by atoms with Gasteiger partial charge in [0.05, 0.1) is 37.6 Å². The lowest BCUT2D eigenvalue weighted by molar-refractivity contribution is -0.320. The van der Waals surface area contributed by atoms with Gasteiger partial charge in [0.2, 0.25) is 0 Å². The maximum atomic E-state index is 12.2. The van der Waals surface area contributed by atoms with Crippen molar-refractivity contribution in [1.82, 2.24) is 0 Å². The molecule has 4 N–H and O–H groups in total. The van der Waals surface area contributed by atoms with E-state index in [9.17, 15) is 30.0 Å². The van der Waals surface area contributed by atoms with Crippen LogP contribution >= 0.6 is 0 Å². The summed E-state index contributed by atoms with van der Waals surface area (Å²) in [6.07, 6.45) is -4.53. The van der Waals surface area contributed by atoms with Crippen molar-refractivity contribution in [3.63, 3.8) is 0 Å². The Labute approximate surface area is 284 Å². The molecule has 0 bridgehead atoms. The zero-order chi connectivity index (χ0) is 35.7. The number of carbonyl (C=O) groups excluding carboxylic acids is 2. The van der Waals surface area contributed by atoms with E-state index in [2.05, 4.69) is 12.7 Å². The first-order valence-electron chi connectivity index (χ1n) is 17.0. The van der Waals surface area contributed by atoms with Crippen LogP contribution in [0.4, 0.5) is 0 Å². The second-order valence-electron chi connectivity index (χ2n) is 14.7. The SMILES string of the molecule is C=CC(C)(C)OC[C@H]1O[C@H](O[C@H]2C3=C([C@H](C)COC(C)=O)C[C@H](O)[C@]3(C)/C=C3/[C@@H](COC)CC[C@H]3[C@@H](C)[C@H]2O)[C@@H](O)[C@H](O)[C@@H]1OC(C)=O. The molecule has 0 amide bonds. The molecule has 1 saturated carbocycles. The minimum Gasteiger partial charge on any atom is -0.465 e. The first-order valence-corrected chi connectivity index (χ1v) is 17.0. The Balaban J connectivity index is 1.80. The summed E-state index contributed by atoms with van der Waals surface area (Å²) in [4.78, 5) is 23.7. The van der Waals surface area contributed by atoms with Crippen LogP contribution in [0.25, 0.3) is 0 Å². The average Bonchev–Trinajstić information content (AvgIpc) is 3.52. The molecule has 4 rings (SSSR count). The van der Waals surface area contributed by atoms with Crippen molar-refractivity contribution in [2.75, 3.05) is 26.9 Å². The van der Waals surface area contributed by atoms with Crippen molar-refractivity contribution < 1.29 is 58.4 Å². The van der Waals surface area contributed by atoms with Crippen molar-refractivity contribution in [2.45, 2.75) is 122 Å². The van der Waals surface area contributed by atoms with Crippen LogP contribution in [0.5, 0.6) is 0 Å². The number of hydrogen-bond acceptors (Lipinski definition) is 12. The van der Waals surface area contributed by atoms with Crippen molar-refractivity contribution in [2.24, 2.45) is 29.1 Å². The number of aliphatic hydroxyl groups excluding tert-OH is 4. The predicted molar refractivity (Wildman–Crippen MR) is 174 cm³/mol. The van der Waals surface area contributed by atoms with E-state index in [1.807, 2.05) is 20.8 Å². The van der Waals surface area contributed by atoms with Gasteiger partial charge in [-0.2, -0.15) is 0 Å². The van der Waals surface area contributed by atoms with Gasteiger partial charge in [0.15, 0.2) is 12.4 Å². The Kier molecular flexibility index (Phi) is 12.4. The molecule has 0 spiro atoms. The van der Waals surface area contributed by atoms with Crippen LogP contribution < -0.4 is 0 Å². The summed E-state index contributed by atoms with van der Waals surface area (Å²) in [5.74, 6) is -1.65. The molecule has 0 aromatic rings. The van der Waals surface area contributed by atoms with Crippen LogP contribution in [0.1, 0.15) is 67.7 Å². The molecule has 1 aliphatic heterocycles. The van der Waals surface area contributed by atoms with Gasteiger partial charge in [0, 0.05) is 38.2 Å². The van der Waals surface area contributed by atoms with Gasteiger partial charge in [-0.1, -0.05) is 37.1 Å². The van der Waals surface area contributed by atoms with E-state index in [1.165, 1.54) is 13.8 Å². The molecule has 13 atom stereocenters. The van der Waals surface area contributed by atoms with Crippen LogP contribution in [0.15, 0.2) is 35.5 Å². The molecule has 0 radical (unpaired) electrons. The highest BCUT2D eigenvalue weighted by Gasteiger charge is 2.56. The quantitative estimate of drug-likeness (QED) is 0.176. The standard InChI is InChI=1S/C36H56O12/c1-10-35(6,7)45-17-26-32(46-21(5)38)30(41)31(42)34(47-26)48-33-28-24(18(2)15-44-20(4)37)13-27(39)36(28,8)14-25-22(16-43-9)11-12-23(25)19(3)29(33)40/h10,14,18-19,22-23,26-27,29-34,39-42H,1,11-13,15-17H2,2-9H3/b25-14-/t18-,19-,22-,23+,26-,27+,29-,30+,31+,32-,33+,34-,36+/m1/s1. The van der Waals surface area contributed by atoms with Crippen molar-refractivity contribution in [3.8, 4) is 0 Å². The third-order valence-electron chi connectivity index (χ3n) is 10.8. The maximum absolute atomic E-state index is 12.2. The summed E-state index contributed by atoms with van der Waals surface area (Å²) < 4.78 is 35.1. The number of ether oxygens (including phenoxy) is 6. The van der Waals surface area contributed by atoms with E-state index >= 15 is 0 Å². The first kappa shape index (κ1) is 38.6. The fourth-order valence-electron chi connectivity index (χ4n) is 7.89. The first-order chi connectivity index (χ1) is 22.4. The number of hydrogen-bond donors (Lipinski definition) is 4. The Morgan fingerprint density at radius 1 is 1.10 bits per heavy atom. The lowest BCUT2D eigenvalue weighted by atomic mass is 9.68. The van der Waals surface area contributed by atoms with Gasteiger partial charge in [-0.05, 0) is 57.4 Å². The van der Waals surface area contributed by atoms with Crippen LogP contribution in [0.2, 0.25) is 0 Å². The maximum Gasteiger partial charge on any atom is 0.303 e. The number of methoxy groups -OCH3 is 1. The third-order valence-corrected chi connectivity index (χ3v) is 10.8. The van der Waals surface area contributed by atoms with Gasteiger partial charge in [-0.3, -0.25) is 9.59 Å². The Morgan fingerprint density at radius 3 is 2.40 bits per heavy atom. The summed E-state index contributed by atoms with van der Waals surface area (Å²) in [7, 11) is 1.66. The highest BCUT2D eigenvalue weighted by molar-refractivity contribution is 5.66. The average molecular weight is 681 g/mol. The topological polar surface area (TPSA) is 170 Å². The normalized spacial score (nSPS) is 40.2. The van der Waals surface area contributed by atoms with Crippen molar-refractivity contribution >= 4 is 11.9 Å². The number of fused-ring (bicyclic) bond motifs is 2. The molecule has 0 aromatic carbocycles. The van der Waals surface area contributed by atoms with Gasteiger partial charge < -0.3 is 48.8 Å². The zero-order valence-corrected chi connectivity index (χ0v) is 29.6. The smallest absolute Gasteiger partial charge is 0.303 e. The second kappa shape index (κ2) is 15.4. The molecule has 2 fully saturated rings. The monoisotopic (exact) mass is 680 g/mol. The number of carbonyl (C=O) groups is 2. The molecular weight excluding hydrogens is 624 g/mol. The van der Waals surface area contributed by atoms with Crippen LogP contribution in [-0.4, -0.2) is 114 Å². The Morgan fingerprint density at radius 2 is 1.79 bits per heavy atom. The Hall–Kier alpha value is -2.16. The summed E-state index contributed by atoms with van der Waals surface area (Å²) in [6.45, 7) is 16.1. The number of esters is 2. The minimum atomic E-state index is -1.67. The summed E-state index contributed by atoms with van der Waals surface area (Å²) >= 11 is 0. The lowest BCUT2D eigenvalue weighted by Crippen LogP contribution is -2.62. The fraction of sp³-hybridized carbons (Fsp3) is 0.778. The lowest BCUT2D eigenvalue weighted by Gasteiger charge is -2.47. The van der Waals surface area contributed by atoms with Gasteiger partial charge in [-0.15, -0.1) is 6.58 Å². The highest BCUT2D eigenvalue weighted by atomic mass is 16.7. The fourth-order valence-corrected chi connectivity index (χ4v) is 7.89. The second-order valence-corrected chi connectivity index (χ2v) is 14.7. The number of aliphatic hydroxyl groups is 4. The summed E-state index contributed by atoms with van der Waals surface area (Å²) in [5, 5.41) is 46.6. The van der Waals surface area contributed by atoms with Crippen LogP contribution in [0, 0.1) is 29.1 Å². The molecule has 3 aliphatic carbocycles. The molecule has 1 saturated heterocycles. The van der Waals surface area contributed by atoms with Crippen molar-refractivity contribution in [1.29, 1.82) is 0 Å². The summed E-state index contributed by atoms with van der Waals surface area (Å²) in [6, 6.07) is 0. The van der Waals surface area contributed by atoms with Crippen molar-refractivity contribution in [3.05, 3.63) is 35.5 Å². The molecule has 12 nitrogen and oxygen atoms in total. The summed E-state index contributed by atoms with van der Waals surface area (Å²) in [5.41, 5.74) is 0.750. The molecule has 1 heterocycles. The molecular formula is C36H56O12. The van der Waals surface area contributed by atoms with E-state index in [1.54, 1.807) is 27.0 Å². The van der Waals surface area contributed by atoms with Gasteiger partial charge in [0.25, 0.3) is 0 Å². The highest BCUT2D eigenvalue weighted by Crippen LogP contribution is 2.56. The van der Waals surface area contributed by atoms with Gasteiger partial charge in [-0.25, -0.2) is 0 Å². The van der Waals surface area contributed by atoms with E-state index in [0.29, 0.717) is 12.2 Å². The van der Waals surface area contributed by atoms with E-state index < -0.39 is 72.0 Å². The van der Waals surface area contributed by atoms with Gasteiger partial charge in [0.1, 0.15) is 24.4 Å². The van der Waals surface area contributed by atoms with E-state index in [0.717, 1.165) is 24.0 Å².